The molecule has 0 N–H and O–H groups in total. The van der Waals surface area contributed by atoms with Crippen LogP contribution >= 0.6 is 0 Å². The number of nitrogens with zero attached hydrogens (tertiary/aromatic N) is 3. The summed E-state index contributed by atoms with van der Waals surface area (Å²) in [7, 11) is 0. The number of hydrogen-bond acceptors (Lipinski definition) is 5. The quantitative estimate of drug-likeness (QED) is 0.630. The number of amides is 1. The van der Waals surface area contributed by atoms with E-state index >= 15 is 0 Å². The van der Waals surface area contributed by atoms with Crippen LogP contribution in [0.5, 0.6) is 5.75 Å². The number of pyridine rings is 1. The number of nitro groups is 1. The van der Waals surface area contributed by atoms with E-state index in [0.29, 0.717) is 5.69 Å². The molecule has 0 bridgehead atoms. The summed E-state index contributed by atoms with van der Waals surface area (Å²) in [6.07, 6.45) is -0.0854. The third-order valence-corrected chi connectivity index (χ3v) is 4.25. The Morgan fingerprint density at radius 1 is 1.36 bits per heavy atom. The maximum absolute atomic E-state index is 12.9. The summed E-state index contributed by atoms with van der Waals surface area (Å²) >= 11 is 0. The van der Waals surface area contributed by atoms with Crippen molar-refractivity contribution in [2.75, 3.05) is 4.90 Å². The van der Waals surface area contributed by atoms with Crippen LogP contribution in [0, 0.1) is 17.0 Å². The molecule has 25 heavy (non-hydrogen) atoms. The first-order valence-corrected chi connectivity index (χ1v) is 8.08. The minimum Gasteiger partial charge on any atom is -0.473 e. The zero-order valence-corrected chi connectivity index (χ0v) is 14.3. The molecule has 0 saturated carbocycles. The van der Waals surface area contributed by atoms with Crippen LogP contribution < -0.4 is 9.64 Å². The Bertz CT molecular complexity index is 837. The molecule has 0 spiro atoms. The largest absolute Gasteiger partial charge is 0.473 e. The third-order valence-electron chi connectivity index (χ3n) is 4.25. The van der Waals surface area contributed by atoms with Crippen LogP contribution in [0.1, 0.15) is 25.1 Å². The first-order chi connectivity index (χ1) is 11.9. The lowest BCUT2D eigenvalue weighted by molar-refractivity contribution is -0.390. The molecule has 2 atom stereocenters. The molecule has 0 saturated heterocycles. The van der Waals surface area contributed by atoms with Crippen LogP contribution in [-0.2, 0) is 11.2 Å². The first-order valence-electron chi connectivity index (χ1n) is 8.08. The predicted octanol–water partition coefficient (Wildman–Crippen LogP) is 3.04. The third kappa shape index (κ3) is 3.17. The van der Waals surface area contributed by atoms with Gasteiger partial charge in [0.15, 0.2) is 6.10 Å². The SMILES string of the molecule is Cc1ccc(O[C@@H](C)C(=O)N2c3ccccc3C[C@H]2C)c([N+](=O)[O-])n1. The molecule has 1 aliphatic rings. The average molecular weight is 341 g/mol. The average Bonchev–Trinajstić information content (AvgIpc) is 2.91. The Kier molecular flexibility index (Phi) is 4.39. The maximum atomic E-state index is 12.9. The molecule has 3 rings (SSSR count). The fraction of sp³-hybridized carbons (Fsp3) is 0.333. The molecule has 2 heterocycles. The second kappa shape index (κ2) is 6.51. The molecule has 0 fully saturated rings. The van der Waals surface area contributed by atoms with Gasteiger partial charge in [0.05, 0.1) is 0 Å². The molecule has 1 amide bonds. The van der Waals surface area contributed by atoms with E-state index in [1.807, 2.05) is 31.2 Å². The number of hydrogen-bond donors (Lipinski definition) is 0. The summed E-state index contributed by atoms with van der Waals surface area (Å²) < 4.78 is 5.60. The molecular formula is C18H19N3O4. The van der Waals surface area contributed by atoms with Gasteiger partial charge in [-0.25, -0.2) is 0 Å². The summed E-state index contributed by atoms with van der Waals surface area (Å²) in [5.41, 5.74) is 2.49. The monoisotopic (exact) mass is 341 g/mol. The molecule has 0 radical (unpaired) electrons. The van der Waals surface area contributed by atoms with Crippen LogP contribution in [0.25, 0.3) is 0 Å². The van der Waals surface area contributed by atoms with E-state index in [0.717, 1.165) is 17.7 Å². The van der Waals surface area contributed by atoms with Gasteiger partial charge in [0.2, 0.25) is 5.75 Å². The molecule has 0 unspecified atom stereocenters. The lowest BCUT2D eigenvalue weighted by Gasteiger charge is -2.26. The predicted molar refractivity (Wildman–Crippen MR) is 92.8 cm³/mol. The van der Waals surface area contributed by atoms with Crippen LogP contribution in [0.4, 0.5) is 11.5 Å². The molecule has 0 aliphatic carbocycles. The van der Waals surface area contributed by atoms with Gasteiger partial charge < -0.3 is 19.8 Å². The number of aryl methyl sites for hydroxylation is 1. The summed E-state index contributed by atoms with van der Waals surface area (Å²) in [5, 5.41) is 11.2. The second-order valence-corrected chi connectivity index (χ2v) is 6.18. The Hall–Kier alpha value is -2.96. The fourth-order valence-electron chi connectivity index (χ4n) is 3.09. The zero-order chi connectivity index (χ0) is 18.1. The van der Waals surface area contributed by atoms with Crippen molar-refractivity contribution >= 4 is 17.4 Å². The minimum absolute atomic E-state index is 0.00316. The topological polar surface area (TPSA) is 85.6 Å². The van der Waals surface area contributed by atoms with Crippen LogP contribution in [0.15, 0.2) is 36.4 Å². The van der Waals surface area contributed by atoms with Crippen molar-refractivity contribution in [2.24, 2.45) is 0 Å². The van der Waals surface area contributed by atoms with E-state index < -0.39 is 11.0 Å². The van der Waals surface area contributed by atoms with Crippen molar-refractivity contribution in [1.29, 1.82) is 0 Å². The van der Waals surface area contributed by atoms with Gasteiger partial charge in [0.25, 0.3) is 5.91 Å². The van der Waals surface area contributed by atoms with Gasteiger partial charge >= 0.3 is 5.82 Å². The number of carbonyl (C=O) groups is 1. The van der Waals surface area contributed by atoms with E-state index in [9.17, 15) is 14.9 Å². The van der Waals surface area contributed by atoms with Gasteiger partial charge in [-0.15, -0.1) is 0 Å². The van der Waals surface area contributed by atoms with Crippen molar-refractivity contribution in [3.63, 3.8) is 0 Å². The molecule has 1 aromatic carbocycles. The first kappa shape index (κ1) is 16.9. The van der Waals surface area contributed by atoms with E-state index in [-0.39, 0.29) is 23.5 Å². The van der Waals surface area contributed by atoms with Crippen LogP contribution in [-0.4, -0.2) is 28.0 Å². The van der Waals surface area contributed by atoms with Crippen molar-refractivity contribution in [3.05, 3.63) is 57.8 Å². The smallest absolute Gasteiger partial charge is 0.406 e. The van der Waals surface area contributed by atoms with Crippen LogP contribution in [0.2, 0.25) is 0 Å². The van der Waals surface area contributed by atoms with Crippen molar-refractivity contribution < 1.29 is 14.5 Å². The normalized spacial score (nSPS) is 17.1. The molecule has 7 nitrogen and oxygen atoms in total. The molecule has 2 aromatic rings. The Morgan fingerprint density at radius 3 is 2.80 bits per heavy atom. The summed E-state index contributed by atoms with van der Waals surface area (Å²) in [4.78, 5) is 29.0. The number of ether oxygens (including phenoxy) is 1. The lowest BCUT2D eigenvalue weighted by atomic mass is 10.1. The molecular weight excluding hydrogens is 322 g/mol. The number of benzene rings is 1. The number of aromatic nitrogens is 1. The van der Waals surface area contributed by atoms with Gasteiger partial charge in [-0.2, -0.15) is 0 Å². The fourth-order valence-corrected chi connectivity index (χ4v) is 3.09. The molecule has 7 heteroatoms. The maximum Gasteiger partial charge on any atom is 0.406 e. The van der Waals surface area contributed by atoms with E-state index in [2.05, 4.69) is 4.98 Å². The summed E-state index contributed by atoms with van der Waals surface area (Å²) in [5.74, 6) is -0.613. The second-order valence-electron chi connectivity index (χ2n) is 6.18. The Balaban J connectivity index is 1.84. The number of rotatable bonds is 4. The van der Waals surface area contributed by atoms with E-state index in [1.54, 1.807) is 24.8 Å². The Morgan fingerprint density at radius 2 is 2.08 bits per heavy atom. The highest BCUT2D eigenvalue weighted by molar-refractivity contribution is 5.99. The van der Waals surface area contributed by atoms with Crippen molar-refractivity contribution in [2.45, 2.75) is 39.3 Å². The van der Waals surface area contributed by atoms with Gasteiger partial charge in [-0.1, -0.05) is 18.2 Å². The number of carbonyl (C=O) groups excluding carboxylic acids is 1. The van der Waals surface area contributed by atoms with Gasteiger partial charge in [0.1, 0.15) is 5.69 Å². The summed E-state index contributed by atoms with van der Waals surface area (Å²) in [6, 6.07) is 10.8. The number of para-hydroxylation sites is 1. The molecule has 130 valence electrons. The van der Waals surface area contributed by atoms with Gasteiger partial charge in [0, 0.05) is 18.7 Å². The van der Waals surface area contributed by atoms with Gasteiger partial charge in [-0.3, -0.25) is 4.79 Å². The lowest BCUT2D eigenvalue weighted by Crippen LogP contribution is -2.43. The highest BCUT2D eigenvalue weighted by Gasteiger charge is 2.34. The van der Waals surface area contributed by atoms with Crippen LogP contribution in [0.3, 0.4) is 0 Å². The molecule has 1 aliphatic heterocycles. The minimum atomic E-state index is -0.864. The number of anilines is 1. The van der Waals surface area contributed by atoms with E-state index in [4.69, 9.17) is 4.74 Å². The van der Waals surface area contributed by atoms with Crippen molar-refractivity contribution in [3.8, 4) is 5.75 Å². The van der Waals surface area contributed by atoms with Gasteiger partial charge in [-0.05, 0) is 53.9 Å². The summed E-state index contributed by atoms with van der Waals surface area (Å²) in [6.45, 7) is 5.23. The van der Waals surface area contributed by atoms with Crippen molar-refractivity contribution in [1.82, 2.24) is 4.98 Å². The highest BCUT2D eigenvalue weighted by Crippen LogP contribution is 2.33. The number of fused-ring (bicyclic) bond motifs is 1. The molecule has 1 aromatic heterocycles. The zero-order valence-electron chi connectivity index (χ0n) is 14.3. The standard InChI is InChI=1S/C18H19N3O4/c1-11-8-9-16(17(19-11)21(23)24)25-13(3)18(22)20-12(2)10-14-6-4-5-7-15(14)20/h4-9,12-13H,10H2,1-3H3/t12-,13+/m1/s1. The highest BCUT2D eigenvalue weighted by atomic mass is 16.6. The van der Waals surface area contributed by atoms with E-state index in [1.165, 1.54) is 6.07 Å². The Labute approximate surface area is 145 Å².